The summed E-state index contributed by atoms with van der Waals surface area (Å²) in [7, 11) is 0. The first-order valence-electron chi connectivity index (χ1n) is 11.1. The molecule has 2 rings (SSSR count). The highest BCUT2D eigenvalue weighted by molar-refractivity contribution is 5.84. The average molecular weight is 409 g/mol. The molecule has 1 aromatic heterocycles. The smallest absolute Gasteiger partial charge is 0.379 e. The van der Waals surface area contributed by atoms with Crippen LogP contribution in [0.5, 0.6) is 0 Å². The molecule has 0 spiro atoms. The Hall–Kier alpha value is -1.92. The first kappa shape index (κ1) is 23.4. The van der Waals surface area contributed by atoms with Crippen molar-refractivity contribution in [1.29, 1.82) is 0 Å². The first-order chi connectivity index (χ1) is 13.8. The standard InChI is InChI=1S/C22H36N2O5/c1-5-22(3,4)28-18(25)15-17(14-10-13-16-11-8-7-9-12-16)20-23-19(24-29-20)21(26)27-6-2/h16-17H,5-15H2,1-4H3. The number of esters is 2. The monoisotopic (exact) mass is 408 g/mol. The van der Waals surface area contributed by atoms with E-state index in [9.17, 15) is 9.59 Å². The summed E-state index contributed by atoms with van der Waals surface area (Å²) in [4.78, 5) is 28.6. The van der Waals surface area contributed by atoms with E-state index in [1.165, 1.54) is 32.1 Å². The summed E-state index contributed by atoms with van der Waals surface area (Å²) in [5.74, 6) is -0.166. The number of rotatable bonds is 11. The highest BCUT2D eigenvalue weighted by atomic mass is 16.6. The van der Waals surface area contributed by atoms with Gasteiger partial charge in [-0.15, -0.1) is 0 Å². The molecule has 1 aliphatic carbocycles. The van der Waals surface area contributed by atoms with Gasteiger partial charge in [0.15, 0.2) is 0 Å². The topological polar surface area (TPSA) is 91.5 Å². The quantitative estimate of drug-likeness (QED) is 0.464. The van der Waals surface area contributed by atoms with Gasteiger partial charge in [0.1, 0.15) is 5.60 Å². The molecular formula is C22H36N2O5. The number of carbonyl (C=O) groups is 2. The van der Waals surface area contributed by atoms with Gasteiger partial charge < -0.3 is 14.0 Å². The van der Waals surface area contributed by atoms with Gasteiger partial charge in [-0.1, -0.05) is 51.9 Å². The van der Waals surface area contributed by atoms with Crippen LogP contribution in [0.1, 0.15) is 114 Å². The molecule has 7 heteroatoms. The van der Waals surface area contributed by atoms with Crippen LogP contribution in [0.4, 0.5) is 0 Å². The zero-order valence-electron chi connectivity index (χ0n) is 18.4. The van der Waals surface area contributed by atoms with Crippen molar-refractivity contribution in [2.75, 3.05) is 6.61 Å². The Kier molecular flexibility index (Phi) is 9.11. The van der Waals surface area contributed by atoms with E-state index in [2.05, 4.69) is 10.1 Å². The van der Waals surface area contributed by atoms with Crippen molar-refractivity contribution in [3.63, 3.8) is 0 Å². The molecule has 0 radical (unpaired) electrons. The lowest BCUT2D eigenvalue weighted by molar-refractivity contribution is -0.157. The minimum Gasteiger partial charge on any atom is -0.460 e. The van der Waals surface area contributed by atoms with E-state index in [0.717, 1.165) is 31.6 Å². The molecule has 1 atom stereocenters. The molecule has 1 aliphatic rings. The Morgan fingerprint density at radius 1 is 1.21 bits per heavy atom. The van der Waals surface area contributed by atoms with E-state index in [1.54, 1.807) is 6.92 Å². The molecule has 164 valence electrons. The molecule has 7 nitrogen and oxygen atoms in total. The minimum atomic E-state index is -0.613. The van der Waals surface area contributed by atoms with Gasteiger partial charge in [0, 0.05) is 5.92 Å². The summed E-state index contributed by atoms with van der Waals surface area (Å²) in [6, 6.07) is 0. The third kappa shape index (κ3) is 7.78. The lowest BCUT2D eigenvalue weighted by atomic mass is 9.84. The van der Waals surface area contributed by atoms with E-state index in [0.29, 0.717) is 5.89 Å². The molecule has 1 saturated carbocycles. The van der Waals surface area contributed by atoms with Gasteiger partial charge in [-0.2, -0.15) is 4.98 Å². The second kappa shape index (κ2) is 11.3. The van der Waals surface area contributed by atoms with Crippen molar-refractivity contribution >= 4 is 11.9 Å². The summed E-state index contributed by atoms with van der Waals surface area (Å²) < 4.78 is 15.9. The zero-order valence-corrected chi connectivity index (χ0v) is 18.4. The van der Waals surface area contributed by atoms with E-state index in [-0.39, 0.29) is 30.7 Å². The summed E-state index contributed by atoms with van der Waals surface area (Å²) in [5.41, 5.74) is -0.505. The lowest BCUT2D eigenvalue weighted by Gasteiger charge is -2.25. The number of hydrogen-bond acceptors (Lipinski definition) is 7. The van der Waals surface area contributed by atoms with Crippen LogP contribution in [-0.4, -0.2) is 34.3 Å². The fraction of sp³-hybridized carbons (Fsp3) is 0.818. The van der Waals surface area contributed by atoms with Gasteiger partial charge in [-0.3, -0.25) is 4.79 Å². The van der Waals surface area contributed by atoms with Crippen molar-refractivity contribution in [2.45, 2.75) is 103 Å². The van der Waals surface area contributed by atoms with Gasteiger partial charge in [0.2, 0.25) is 5.89 Å². The van der Waals surface area contributed by atoms with Crippen molar-refractivity contribution in [1.82, 2.24) is 10.1 Å². The maximum atomic E-state index is 12.5. The Labute approximate surface area is 173 Å². The minimum absolute atomic E-state index is 0.0959. The molecular weight excluding hydrogens is 372 g/mol. The van der Waals surface area contributed by atoms with E-state index < -0.39 is 11.6 Å². The predicted molar refractivity (Wildman–Crippen MR) is 109 cm³/mol. The van der Waals surface area contributed by atoms with Crippen molar-refractivity contribution in [3.05, 3.63) is 11.7 Å². The number of aromatic nitrogens is 2. The van der Waals surface area contributed by atoms with Gasteiger partial charge in [0.25, 0.3) is 5.82 Å². The van der Waals surface area contributed by atoms with E-state index >= 15 is 0 Å². The zero-order chi connectivity index (χ0) is 21.3. The summed E-state index contributed by atoms with van der Waals surface area (Å²) in [6.07, 6.45) is 10.4. The fourth-order valence-electron chi connectivity index (χ4n) is 3.74. The predicted octanol–water partition coefficient (Wildman–Crippen LogP) is 5.20. The molecule has 0 aliphatic heterocycles. The molecule has 29 heavy (non-hydrogen) atoms. The Balaban J connectivity index is 2.01. The first-order valence-corrected chi connectivity index (χ1v) is 11.1. The van der Waals surface area contributed by atoms with Crippen LogP contribution in [0.2, 0.25) is 0 Å². The maximum absolute atomic E-state index is 12.5. The highest BCUT2D eigenvalue weighted by Crippen LogP contribution is 2.31. The molecule has 0 N–H and O–H groups in total. The van der Waals surface area contributed by atoms with Gasteiger partial charge in [-0.05, 0) is 44.7 Å². The third-order valence-electron chi connectivity index (χ3n) is 5.79. The van der Waals surface area contributed by atoms with Crippen molar-refractivity contribution in [3.8, 4) is 0 Å². The summed E-state index contributed by atoms with van der Waals surface area (Å²) >= 11 is 0. The normalized spacial score (nSPS) is 16.4. The number of ether oxygens (including phenoxy) is 2. The van der Waals surface area contributed by atoms with E-state index in [1.807, 2.05) is 20.8 Å². The van der Waals surface area contributed by atoms with Crippen LogP contribution in [0.15, 0.2) is 4.52 Å². The molecule has 0 bridgehead atoms. The molecule has 1 heterocycles. The highest BCUT2D eigenvalue weighted by Gasteiger charge is 2.28. The molecule has 1 fully saturated rings. The Morgan fingerprint density at radius 2 is 1.93 bits per heavy atom. The molecule has 0 aromatic carbocycles. The molecule has 1 aromatic rings. The van der Waals surface area contributed by atoms with Crippen LogP contribution < -0.4 is 0 Å². The van der Waals surface area contributed by atoms with Gasteiger partial charge in [0.05, 0.1) is 13.0 Å². The van der Waals surface area contributed by atoms with Crippen LogP contribution in [0, 0.1) is 5.92 Å². The Bertz CT molecular complexity index is 649. The summed E-state index contributed by atoms with van der Waals surface area (Å²) in [6.45, 7) is 7.74. The molecule has 1 unspecified atom stereocenters. The fourth-order valence-corrected chi connectivity index (χ4v) is 3.74. The number of carbonyl (C=O) groups excluding carboxylic acids is 2. The van der Waals surface area contributed by atoms with Crippen molar-refractivity contribution in [2.24, 2.45) is 5.92 Å². The largest absolute Gasteiger partial charge is 0.460 e. The van der Waals surface area contributed by atoms with Crippen molar-refractivity contribution < 1.29 is 23.6 Å². The van der Waals surface area contributed by atoms with Crippen LogP contribution in [0.3, 0.4) is 0 Å². The maximum Gasteiger partial charge on any atom is 0.379 e. The van der Waals surface area contributed by atoms with E-state index in [4.69, 9.17) is 14.0 Å². The SMILES string of the molecule is CCOC(=O)c1noc(C(CCCC2CCCCC2)CC(=O)OC(C)(C)CC)n1. The number of nitrogens with zero attached hydrogens (tertiary/aromatic N) is 2. The second-order valence-electron chi connectivity index (χ2n) is 8.60. The van der Waals surface area contributed by atoms with Crippen LogP contribution in [-0.2, 0) is 14.3 Å². The average Bonchev–Trinajstić information content (AvgIpc) is 3.18. The lowest BCUT2D eigenvalue weighted by Crippen LogP contribution is -2.28. The summed E-state index contributed by atoms with van der Waals surface area (Å²) in [5, 5.41) is 3.74. The van der Waals surface area contributed by atoms with Crippen LogP contribution in [0.25, 0.3) is 0 Å². The van der Waals surface area contributed by atoms with Gasteiger partial charge in [-0.25, -0.2) is 4.79 Å². The Morgan fingerprint density at radius 3 is 2.59 bits per heavy atom. The van der Waals surface area contributed by atoms with Crippen LogP contribution >= 0.6 is 0 Å². The second-order valence-corrected chi connectivity index (χ2v) is 8.60. The molecule has 0 saturated heterocycles. The number of hydrogen-bond donors (Lipinski definition) is 0. The molecule has 0 amide bonds. The van der Waals surface area contributed by atoms with Gasteiger partial charge >= 0.3 is 11.9 Å². The third-order valence-corrected chi connectivity index (χ3v) is 5.79.